The van der Waals surface area contributed by atoms with Crippen molar-refractivity contribution in [3.63, 3.8) is 0 Å². The van der Waals surface area contributed by atoms with Crippen LogP contribution in [0.1, 0.15) is 10.5 Å². The van der Waals surface area contributed by atoms with E-state index in [9.17, 15) is 4.79 Å². The largest absolute Gasteiger partial charge is 0.319 e. The number of hydrogen-bond acceptors (Lipinski definition) is 4. The van der Waals surface area contributed by atoms with Crippen molar-refractivity contribution in [3.8, 4) is 16.3 Å². The SMILES string of the molecule is O=C(Nc1ccccc1Cl)c1csc(-c2cnn(-c3ccccc3)c2)n1. The average Bonchev–Trinajstić information content (AvgIpc) is 3.34. The molecule has 0 aliphatic carbocycles. The maximum absolute atomic E-state index is 12.4. The van der Waals surface area contributed by atoms with E-state index in [1.807, 2.05) is 48.7 Å². The molecule has 0 saturated carbocycles. The van der Waals surface area contributed by atoms with Crippen molar-refractivity contribution in [2.75, 3.05) is 5.32 Å². The Morgan fingerprint density at radius 1 is 1.08 bits per heavy atom. The summed E-state index contributed by atoms with van der Waals surface area (Å²) in [5, 5.41) is 10.1. The highest BCUT2D eigenvalue weighted by Crippen LogP contribution is 2.26. The molecule has 0 saturated heterocycles. The molecule has 0 atom stereocenters. The Hall–Kier alpha value is -2.96. The minimum absolute atomic E-state index is 0.295. The van der Waals surface area contributed by atoms with E-state index >= 15 is 0 Å². The van der Waals surface area contributed by atoms with Gasteiger partial charge in [0.1, 0.15) is 10.7 Å². The van der Waals surface area contributed by atoms with Crippen LogP contribution < -0.4 is 5.32 Å². The number of thiazole rings is 1. The van der Waals surface area contributed by atoms with Gasteiger partial charge in [-0.1, -0.05) is 41.9 Å². The molecule has 2 heterocycles. The number of para-hydroxylation sites is 2. The number of aromatic nitrogens is 3. The molecule has 2 aromatic heterocycles. The molecule has 7 heteroatoms. The summed E-state index contributed by atoms with van der Waals surface area (Å²) < 4.78 is 1.78. The van der Waals surface area contributed by atoms with Gasteiger partial charge in [-0.25, -0.2) is 9.67 Å². The van der Waals surface area contributed by atoms with Gasteiger partial charge in [-0.15, -0.1) is 11.3 Å². The van der Waals surface area contributed by atoms with Gasteiger partial charge < -0.3 is 5.32 Å². The monoisotopic (exact) mass is 380 g/mol. The van der Waals surface area contributed by atoms with E-state index in [1.54, 1.807) is 28.4 Å². The summed E-state index contributed by atoms with van der Waals surface area (Å²) in [5.74, 6) is -0.295. The quantitative estimate of drug-likeness (QED) is 0.547. The summed E-state index contributed by atoms with van der Waals surface area (Å²) in [6.07, 6.45) is 3.63. The molecule has 0 aliphatic heterocycles. The lowest BCUT2D eigenvalue weighted by Crippen LogP contribution is -2.12. The summed E-state index contributed by atoms with van der Waals surface area (Å²) in [7, 11) is 0. The highest BCUT2D eigenvalue weighted by molar-refractivity contribution is 7.13. The molecule has 0 bridgehead atoms. The second-order valence-electron chi connectivity index (χ2n) is 5.48. The second kappa shape index (κ2) is 7.11. The van der Waals surface area contributed by atoms with E-state index in [4.69, 9.17) is 11.6 Å². The van der Waals surface area contributed by atoms with Crippen LogP contribution in [0.5, 0.6) is 0 Å². The molecule has 0 radical (unpaired) electrons. The molecule has 4 rings (SSSR count). The summed E-state index contributed by atoms with van der Waals surface area (Å²) in [4.78, 5) is 16.8. The van der Waals surface area contributed by atoms with Crippen LogP contribution >= 0.6 is 22.9 Å². The third-order valence-electron chi connectivity index (χ3n) is 3.71. The van der Waals surface area contributed by atoms with E-state index in [0.717, 1.165) is 16.3 Å². The summed E-state index contributed by atoms with van der Waals surface area (Å²) in [5.41, 5.74) is 2.73. The Morgan fingerprint density at radius 3 is 2.65 bits per heavy atom. The highest BCUT2D eigenvalue weighted by Gasteiger charge is 2.14. The molecular weight excluding hydrogens is 368 g/mol. The number of hydrogen-bond donors (Lipinski definition) is 1. The van der Waals surface area contributed by atoms with E-state index in [2.05, 4.69) is 15.4 Å². The number of nitrogens with one attached hydrogen (secondary N) is 1. The highest BCUT2D eigenvalue weighted by atomic mass is 35.5. The summed E-state index contributed by atoms with van der Waals surface area (Å²) >= 11 is 7.47. The van der Waals surface area contributed by atoms with Crippen molar-refractivity contribution < 1.29 is 4.79 Å². The van der Waals surface area contributed by atoms with Crippen LogP contribution in [0.2, 0.25) is 5.02 Å². The van der Waals surface area contributed by atoms with Gasteiger partial charge in [0.25, 0.3) is 5.91 Å². The first-order valence-electron chi connectivity index (χ1n) is 7.82. The number of benzene rings is 2. The minimum atomic E-state index is -0.295. The lowest BCUT2D eigenvalue weighted by Gasteiger charge is -2.04. The molecule has 0 spiro atoms. The Bertz CT molecular complexity index is 1060. The second-order valence-corrected chi connectivity index (χ2v) is 6.75. The number of nitrogens with zero attached hydrogens (tertiary/aromatic N) is 3. The van der Waals surface area contributed by atoms with Crippen molar-refractivity contribution >= 4 is 34.5 Å². The van der Waals surface area contributed by atoms with Crippen LogP contribution in [0, 0.1) is 0 Å². The predicted molar refractivity (Wildman–Crippen MR) is 104 cm³/mol. The van der Waals surface area contributed by atoms with E-state index in [1.165, 1.54) is 11.3 Å². The maximum Gasteiger partial charge on any atom is 0.275 e. The first-order chi connectivity index (χ1) is 12.7. The molecule has 26 heavy (non-hydrogen) atoms. The van der Waals surface area contributed by atoms with Gasteiger partial charge in [0, 0.05) is 17.1 Å². The Morgan fingerprint density at radius 2 is 1.85 bits per heavy atom. The first kappa shape index (κ1) is 16.5. The molecular formula is C19H13ClN4OS. The molecule has 2 aromatic carbocycles. The smallest absolute Gasteiger partial charge is 0.275 e. The Labute approximate surface area is 158 Å². The molecule has 4 aromatic rings. The van der Waals surface area contributed by atoms with Crippen molar-refractivity contribution in [3.05, 3.63) is 83.1 Å². The fourth-order valence-corrected chi connectivity index (χ4v) is 3.37. The van der Waals surface area contributed by atoms with Crippen molar-refractivity contribution in [2.24, 2.45) is 0 Å². The van der Waals surface area contributed by atoms with Gasteiger partial charge in [0.2, 0.25) is 0 Å². The molecule has 5 nitrogen and oxygen atoms in total. The van der Waals surface area contributed by atoms with E-state index in [-0.39, 0.29) is 5.91 Å². The van der Waals surface area contributed by atoms with Crippen LogP contribution in [-0.4, -0.2) is 20.7 Å². The number of halogens is 1. The molecule has 0 aliphatic rings. The van der Waals surface area contributed by atoms with Gasteiger partial charge in [0.05, 0.1) is 22.6 Å². The lowest BCUT2D eigenvalue weighted by molar-refractivity contribution is 0.102. The van der Waals surface area contributed by atoms with Crippen molar-refractivity contribution in [1.29, 1.82) is 0 Å². The topological polar surface area (TPSA) is 59.8 Å². The number of rotatable bonds is 4. The molecule has 0 fully saturated rings. The summed E-state index contributed by atoms with van der Waals surface area (Å²) in [6, 6.07) is 16.9. The van der Waals surface area contributed by atoms with Crippen molar-refractivity contribution in [2.45, 2.75) is 0 Å². The molecule has 1 amide bonds. The van der Waals surface area contributed by atoms with Crippen LogP contribution in [-0.2, 0) is 0 Å². The van der Waals surface area contributed by atoms with Crippen molar-refractivity contribution in [1.82, 2.24) is 14.8 Å². The van der Waals surface area contributed by atoms with Gasteiger partial charge >= 0.3 is 0 Å². The van der Waals surface area contributed by atoms with Gasteiger partial charge in [-0.2, -0.15) is 5.10 Å². The normalized spacial score (nSPS) is 10.7. The zero-order valence-corrected chi connectivity index (χ0v) is 15.0. The zero-order valence-electron chi connectivity index (χ0n) is 13.5. The zero-order chi connectivity index (χ0) is 17.9. The number of carbonyl (C=O) groups is 1. The van der Waals surface area contributed by atoms with Crippen LogP contribution in [0.25, 0.3) is 16.3 Å². The third kappa shape index (κ3) is 3.37. The first-order valence-corrected chi connectivity index (χ1v) is 9.08. The van der Waals surface area contributed by atoms with Crippen LogP contribution in [0.4, 0.5) is 5.69 Å². The standard InChI is InChI=1S/C19H13ClN4OS/c20-15-8-4-5-9-16(15)22-18(25)17-12-26-19(23-17)13-10-21-24(11-13)14-6-2-1-3-7-14/h1-12H,(H,22,25). The fourth-order valence-electron chi connectivity index (χ4n) is 2.41. The van der Waals surface area contributed by atoms with E-state index < -0.39 is 0 Å². The van der Waals surface area contributed by atoms with Gasteiger partial charge in [-0.3, -0.25) is 4.79 Å². The fraction of sp³-hybridized carbons (Fsp3) is 0. The van der Waals surface area contributed by atoms with E-state index in [0.29, 0.717) is 16.4 Å². The maximum atomic E-state index is 12.4. The predicted octanol–water partition coefficient (Wildman–Crippen LogP) is 4.90. The van der Waals surface area contributed by atoms with Crippen LogP contribution in [0.3, 0.4) is 0 Å². The number of amides is 1. The summed E-state index contributed by atoms with van der Waals surface area (Å²) in [6.45, 7) is 0. The number of carbonyl (C=O) groups excluding carboxylic acids is 1. The Kier molecular flexibility index (Phi) is 4.51. The van der Waals surface area contributed by atoms with Gasteiger partial charge in [0.15, 0.2) is 0 Å². The molecule has 1 N–H and O–H groups in total. The van der Waals surface area contributed by atoms with Crippen LogP contribution in [0.15, 0.2) is 72.4 Å². The molecule has 0 unspecified atom stereocenters. The average molecular weight is 381 g/mol. The minimum Gasteiger partial charge on any atom is -0.319 e. The third-order valence-corrected chi connectivity index (χ3v) is 4.93. The molecule has 128 valence electrons. The Balaban J connectivity index is 1.54. The van der Waals surface area contributed by atoms with Gasteiger partial charge in [-0.05, 0) is 24.3 Å². The lowest BCUT2D eigenvalue weighted by atomic mass is 10.3. The number of anilines is 1.